The van der Waals surface area contributed by atoms with Gasteiger partial charge in [0.05, 0.1) is 5.69 Å². The van der Waals surface area contributed by atoms with Gasteiger partial charge in [-0.05, 0) is 39.8 Å². The topological polar surface area (TPSA) is 21.1 Å². The van der Waals surface area contributed by atoms with E-state index in [0.29, 0.717) is 0 Å². The molecule has 0 aliphatic carbocycles. The molecule has 1 fully saturated rings. The highest BCUT2D eigenvalue weighted by Gasteiger charge is 2.13. The van der Waals surface area contributed by atoms with Gasteiger partial charge in [-0.2, -0.15) is 0 Å². The molecule has 0 amide bonds. The first kappa shape index (κ1) is 9.71. The van der Waals surface area contributed by atoms with E-state index in [0.717, 1.165) is 18.9 Å². The van der Waals surface area contributed by atoms with Gasteiger partial charge in [0.25, 0.3) is 0 Å². The van der Waals surface area contributed by atoms with Crippen LogP contribution in [0.3, 0.4) is 0 Å². The molecule has 1 aliphatic rings. The standard InChI is InChI=1S/C11H19N3/c1-3-14-9-11(12-10(14)2)8-13-6-4-5-7-13/h9H,3-8H2,1-2H3. The van der Waals surface area contributed by atoms with Gasteiger partial charge in [-0.25, -0.2) is 4.98 Å². The fraction of sp³-hybridized carbons (Fsp3) is 0.727. The van der Waals surface area contributed by atoms with Crippen LogP contribution < -0.4 is 0 Å². The minimum atomic E-state index is 1.03. The maximum atomic E-state index is 4.57. The quantitative estimate of drug-likeness (QED) is 0.730. The summed E-state index contributed by atoms with van der Waals surface area (Å²) in [5.41, 5.74) is 1.23. The molecule has 78 valence electrons. The summed E-state index contributed by atoms with van der Waals surface area (Å²) in [4.78, 5) is 7.05. The molecule has 0 N–H and O–H groups in total. The first-order valence-corrected chi connectivity index (χ1v) is 5.54. The van der Waals surface area contributed by atoms with Crippen LogP contribution in [0.1, 0.15) is 31.3 Å². The molecule has 1 aromatic heterocycles. The molecule has 3 nitrogen and oxygen atoms in total. The van der Waals surface area contributed by atoms with Gasteiger partial charge in [0.1, 0.15) is 5.82 Å². The number of likely N-dealkylation sites (tertiary alicyclic amines) is 1. The van der Waals surface area contributed by atoms with E-state index in [4.69, 9.17) is 0 Å². The Bertz CT molecular complexity index is 297. The fourth-order valence-electron chi connectivity index (χ4n) is 2.14. The number of imidazole rings is 1. The molecule has 0 aromatic carbocycles. The average Bonchev–Trinajstić information content (AvgIpc) is 2.76. The minimum Gasteiger partial charge on any atom is -0.335 e. The molecule has 0 spiro atoms. The van der Waals surface area contributed by atoms with Crippen molar-refractivity contribution in [3.63, 3.8) is 0 Å². The molecular formula is C11H19N3. The molecule has 14 heavy (non-hydrogen) atoms. The number of nitrogens with zero attached hydrogens (tertiary/aromatic N) is 3. The van der Waals surface area contributed by atoms with E-state index in [1.807, 2.05) is 0 Å². The molecule has 0 unspecified atom stereocenters. The third kappa shape index (κ3) is 1.98. The van der Waals surface area contributed by atoms with Gasteiger partial charge in [0.15, 0.2) is 0 Å². The third-order valence-electron chi connectivity index (χ3n) is 2.95. The lowest BCUT2D eigenvalue weighted by molar-refractivity contribution is 0.327. The first-order valence-electron chi connectivity index (χ1n) is 5.54. The minimum absolute atomic E-state index is 1.03. The van der Waals surface area contributed by atoms with E-state index in [-0.39, 0.29) is 0 Å². The summed E-state index contributed by atoms with van der Waals surface area (Å²) in [6.45, 7) is 8.80. The van der Waals surface area contributed by atoms with Crippen molar-refractivity contribution in [2.45, 2.75) is 39.8 Å². The van der Waals surface area contributed by atoms with Crippen LogP contribution in [0.2, 0.25) is 0 Å². The molecular weight excluding hydrogens is 174 g/mol. The summed E-state index contributed by atoms with van der Waals surface area (Å²) in [6, 6.07) is 0. The number of aromatic nitrogens is 2. The molecule has 1 saturated heterocycles. The van der Waals surface area contributed by atoms with Crippen molar-refractivity contribution in [1.29, 1.82) is 0 Å². The fourth-order valence-corrected chi connectivity index (χ4v) is 2.14. The molecule has 1 aliphatic heterocycles. The Labute approximate surface area is 85.7 Å². The second kappa shape index (κ2) is 4.13. The Morgan fingerprint density at radius 2 is 2.07 bits per heavy atom. The molecule has 2 rings (SSSR count). The monoisotopic (exact) mass is 193 g/mol. The predicted molar refractivity (Wildman–Crippen MR) is 57.1 cm³/mol. The Kier molecular flexibility index (Phi) is 2.87. The van der Waals surface area contributed by atoms with Crippen LogP contribution in [0.15, 0.2) is 6.20 Å². The van der Waals surface area contributed by atoms with Crippen molar-refractivity contribution in [3.8, 4) is 0 Å². The van der Waals surface area contributed by atoms with E-state index in [9.17, 15) is 0 Å². The highest BCUT2D eigenvalue weighted by atomic mass is 15.2. The lowest BCUT2D eigenvalue weighted by atomic mass is 10.4. The average molecular weight is 193 g/mol. The molecule has 2 heterocycles. The van der Waals surface area contributed by atoms with Crippen molar-refractivity contribution in [2.24, 2.45) is 0 Å². The SMILES string of the molecule is CCn1cc(CN2CCCC2)nc1C. The number of hydrogen-bond acceptors (Lipinski definition) is 2. The van der Waals surface area contributed by atoms with Gasteiger partial charge in [-0.3, -0.25) is 4.90 Å². The van der Waals surface area contributed by atoms with E-state index < -0.39 is 0 Å². The van der Waals surface area contributed by atoms with E-state index >= 15 is 0 Å². The highest BCUT2D eigenvalue weighted by Crippen LogP contribution is 2.12. The predicted octanol–water partition coefficient (Wildman–Crippen LogP) is 1.81. The molecule has 0 bridgehead atoms. The van der Waals surface area contributed by atoms with Gasteiger partial charge >= 0.3 is 0 Å². The summed E-state index contributed by atoms with van der Waals surface area (Å²) >= 11 is 0. The molecule has 1 aromatic rings. The van der Waals surface area contributed by atoms with Gasteiger partial charge in [0, 0.05) is 19.3 Å². The molecule has 3 heteroatoms. The smallest absolute Gasteiger partial charge is 0.105 e. The number of rotatable bonds is 3. The Morgan fingerprint density at radius 3 is 2.64 bits per heavy atom. The zero-order valence-electron chi connectivity index (χ0n) is 9.16. The summed E-state index contributed by atoms with van der Waals surface area (Å²) < 4.78 is 2.21. The maximum absolute atomic E-state index is 4.57. The van der Waals surface area contributed by atoms with Crippen molar-refractivity contribution < 1.29 is 0 Å². The molecule has 0 atom stereocenters. The Morgan fingerprint density at radius 1 is 1.36 bits per heavy atom. The van der Waals surface area contributed by atoms with Crippen molar-refractivity contribution >= 4 is 0 Å². The largest absolute Gasteiger partial charge is 0.335 e. The van der Waals surface area contributed by atoms with Crippen LogP contribution in [0, 0.1) is 6.92 Å². The second-order valence-corrected chi connectivity index (χ2v) is 4.05. The van der Waals surface area contributed by atoms with Crippen molar-refractivity contribution in [2.75, 3.05) is 13.1 Å². The van der Waals surface area contributed by atoms with Gasteiger partial charge in [-0.1, -0.05) is 0 Å². The summed E-state index contributed by atoms with van der Waals surface area (Å²) in [7, 11) is 0. The highest BCUT2D eigenvalue weighted by molar-refractivity contribution is 5.03. The van der Waals surface area contributed by atoms with Crippen molar-refractivity contribution in [1.82, 2.24) is 14.5 Å². The summed E-state index contributed by atoms with van der Waals surface area (Å²) in [5.74, 6) is 1.14. The van der Waals surface area contributed by atoms with Crippen LogP contribution in [-0.4, -0.2) is 27.5 Å². The van der Waals surface area contributed by atoms with Crippen LogP contribution in [0.5, 0.6) is 0 Å². The first-order chi connectivity index (χ1) is 6.79. The van der Waals surface area contributed by atoms with Gasteiger partial charge < -0.3 is 4.57 Å². The molecule has 0 saturated carbocycles. The summed E-state index contributed by atoms with van der Waals surface area (Å²) in [6.07, 6.45) is 4.90. The van der Waals surface area contributed by atoms with Crippen LogP contribution in [0.4, 0.5) is 0 Å². The maximum Gasteiger partial charge on any atom is 0.105 e. The normalized spacial score (nSPS) is 17.9. The van der Waals surface area contributed by atoms with E-state index in [2.05, 4.69) is 34.5 Å². The lowest BCUT2D eigenvalue weighted by Gasteiger charge is -2.11. The van der Waals surface area contributed by atoms with E-state index in [1.54, 1.807) is 0 Å². The zero-order valence-corrected chi connectivity index (χ0v) is 9.16. The van der Waals surface area contributed by atoms with Crippen LogP contribution in [-0.2, 0) is 13.1 Å². The Hall–Kier alpha value is -0.830. The molecule has 0 radical (unpaired) electrons. The van der Waals surface area contributed by atoms with E-state index in [1.165, 1.54) is 31.6 Å². The van der Waals surface area contributed by atoms with Gasteiger partial charge in [0.2, 0.25) is 0 Å². The number of hydrogen-bond donors (Lipinski definition) is 0. The lowest BCUT2D eigenvalue weighted by Crippen LogP contribution is -2.18. The third-order valence-corrected chi connectivity index (χ3v) is 2.95. The zero-order chi connectivity index (χ0) is 9.97. The van der Waals surface area contributed by atoms with Crippen LogP contribution in [0.25, 0.3) is 0 Å². The van der Waals surface area contributed by atoms with Gasteiger partial charge in [-0.15, -0.1) is 0 Å². The summed E-state index contributed by atoms with van der Waals surface area (Å²) in [5, 5.41) is 0. The van der Waals surface area contributed by atoms with Crippen LogP contribution >= 0.6 is 0 Å². The number of aryl methyl sites for hydroxylation is 2. The van der Waals surface area contributed by atoms with Crippen molar-refractivity contribution in [3.05, 3.63) is 17.7 Å². The second-order valence-electron chi connectivity index (χ2n) is 4.05. The Balaban J connectivity index is 2.01.